The van der Waals surface area contributed by atoms with Crippen LogP contribution in [0.5, 0.6) is 11.5 Å². The van der Waals surface area contributed by atoms with Crippen LogP contribution in [0.15, 0.2) is 42.5 Å². The summed E-state index contributed by atoms with van der Waals surface area (Å²) in [6, 6.07) is 11.0. The zero-order valence-electron chi connectivity index (χ0n) is 17.7. The summed E-state index contributed by atoms with van der Waals surface area (Å²) in [5, 5.41) is 3.24. The monoisotopic (exact) mass is 430 g/mol. The molecular formula is C23H27ClN2O4. The van der Waals surface area contributed by atoms with Gasteiger partial charge in [-0.05, 0) is 48.7 Å². The fourth-order valence-electron chi connectivity index (χ4n) is 2.87. The molecule has 0 saturated carbocycles. The third-order valence-corrected chi connectivity index (χ3v) is 4.66. The number of likely N-dealkylation sites (N-methyl/N-ethyl adjacent to an activating group) is 1. The van der Waals surface area contributed by atoms with E-state index in [9.17, 15) is 9.59 Å². The molecule has 0 heterocycles. The zero-order chi connectivity index (χ0) is 22.1. The lowest BCUT2D eigenvalue weighted by atomic mass is 10.1. The SMILES string of the molecule is CCOc1cc(/C=C/C(=O)N(C)CC(=O)Nc2ccccc2CC)cc(Cl)c1OC. The standard InChI is InChI=1S/C23H27ClN2O4/c1-5-17-9-7-8-10-19(17)25-21(27)15-26(3)22(28)12-11-16-13-18(24)23(29-4)20(14-16)30-6-2/h7-14H,5-6,15H2,1-4H3,(H,25,27)/b12-11+. The van der Waals surface area contributed by atoms with Crippen molar-refractivity contribution in [3.8, 4) is 11.5 Å². The van der Waals surface area contributed by atoms with E-state index in [0.29, 0.717) is 28.7 Å². The molecule has 2 amide bonds. The topological polar surface area (TPSA) is 67.9 Å². The van der Waals surface area contributed by atoms with Gasteiger partial charge in [0.05, 0.1) is 25.3 Å². The van der Waals surface area contributed by atoms with Gasteiger partial charge in [-0.1, -0.05) is 36.7 Å². The van der Waals surface area contributed by atoms with Gasteiger partial charge in [0.1, 0.15) is 0 Å². The largest absolute Gasteiger partial charge is 0.491 e. The Morgan fingerprint density at radius 1 is 1.20 bits per heavy atom. The highest BCUT2D eigenvalue weighted by atomic mass is 35.5. The molecule has 0 radical (unpaired) electrons. The molecule has 0 atom stereocenters. The van der Waals surface area contributed by atoms with Gasteiger partial charge in [-0.25, -0.2) is 0 Å². The third kappa shape index (κ3) is 6.26. The number of benzene rings is 2. The predicted molar refractivity (Wildman–Crippen MR) is 120 cm³/mol. The van der Waals surface area contributed by atoms with Gasteiger partial charge in [-0.15, -0.1) is 0 Å². The van der Waals surface area contributed by atoms with E-state index in [2.05, 4.69) is 5.32 Å². The molecule has 7 heteroatoms. The lowest BCUT2D eigenvalue weighted by molar-refractivity contribution is -0.129. The summed E-state index contributed by atoms with van der Waals surface area (Å²) >= 11 is 6.23. The average Bonchev–Trinajstić information content (AvgIpc) is 2.72. The number of rotatable bonds is 9. The second kappa shape index (κ2) is 11.3. The fourth-order valence-corrected chi connectivity index (χ4v) is 3.17. The highest BCUT2D eigenvalue weighted by Crippen LogP contribution is 2.36. The van der Waals surface area contributed by atoms with Crippen molar-refractivity contribution < 1.29 is 19.1 Å². The highest BCUT2D eigenvalue weighted by Gasteiger charge is 2.13. The summed E-state index contributed by atoms with van der Waals surface area (Å²) in [5.74, 6) is 0.384. The number of carbonyl (C=O) groups excluding carboxylic acids is 2. The normalized spacial score (nSPS) is 10.7. The van der Waals surface area contributed by atoms with Gasteiger partial charge in [0, 0.05) is 18.8 Å². The van der Waals surface area contributed by atoms with Crippen molar-refractivity contribution in [3.63, 3.8) is 0 Å². The van der Waals surface area contributed by atoms with Gasteiger partial charge in [0.25, 0.3) is 0 Å². The second-order valence-corrected chi connectivity index (χ2v) is 6.96. The maximum Gasteiger partial charge on any atom is 0.246 e. The van der Waals surface area contributed by atoms with Crippen molar-refractivity contribution in [2.75, 3.05) is 32.6 Å². The molecule has 0 bridgehead atoms. The van der Waals surface area contributed by atoms with E-state index >= 15 is 0 Å². The Kier molecular flexibility index (Phi) is 8.74. The number of aryl methyl sites for hydroxylation is 1. The van der Waals surface area contributed by atoms with Crippen LogP contribution in [0.1, 0.15) is 25.0 Å². The molecular weight excluding hydrogens is 404 g/mol. The first-order chi connectivity index (χ1) is 14.4. The molecule has 0 fully saturated rings. The smallest absolute Gasteiger partial charge is 0.246 e. The highest BCUT2D eigenvalue weighted by molar-refractivity contribution is 6.32. The number of hydrogen-bond acceptors (Lipinski definition) is 4. The molecule has 2 rings (SSSR count). The number of para-hydroxylation sites is 1. The van der Waals surface area contributed by atoms with Crippen LogP contribution in [0.4, 0.5) is 5.69 Å². The Bertz CT molecular complexity index is 927. The number of amides is 2. The lowest BCUT2D eigenvalue weighted by Gasteiger charge is -2.16. The summed E-state index contributed by atoms with van der Waals surface area (Å²) in [6.07, 6.45) is 3.82. The third-order valence-electron chi connectivity index (χ3n) is 4.38. The number of nitrogens with one attached hydrogen (secondary N) is 1. The van der Waals surface area contributed by atoms with Crippen LogP contribution >= 0.6 is 11.6 Å². The van der Waals surface area contributed by atoms with E-state index < -0.39 is 0 Å². The Balaban J connectivity index is 2.03. The van der Waals surface area contributed by atoms with Gasteiger partial charge < -0.3 is 19.7 Å². The lowest BCUT2D eigenvalue weighted by Crippen LogP contribution is -2.34. The summed E-state index contributed by atoms with van der Waals surface area (Å²) in [5.41, 5.74) is 2.49. The molecule has 160 valence electrons. The summed E-state index contributed by atoms with van der Waals surface area (Å²) in [6.45, 7) is 4.28. The summed E-state index contributed by atoms with van der Waals surface area (Å²) < 4.78 is 10.8. The van der Waals surface area contributed by atoms with Gasteiger partial charge in [0.15, 0.2) is 11.5 Å². The van der Waals surface area contributed by atoms with Crippen LogP contribution < -0.4 is 14.8 Å². The molecule has 1 N–H and O–H groups in total. The van der Waals surface area contributed by atoms with E-state index in [-0.39, 0.29) is 18.4 Å². The molecule has 0 aromatic heterocycles. The maximum absolute atomic E-state index is 12.4. The number of hydrogen-bond donors (Lipinski definition) is 1. The molecule has 0 saturated heterocycles. The number of methoxy groups -OCH3 is 1. The molecule has 0 spiro atoms. The fraction of sp³-hybridized carbons (Fsp3) is 0.304. The summed E-state index contributed by atoms with van der Waals surface area (Å²) in [4.78, 5) is 26.1. The van der Waals surface area contributed by atoms with Gasteiger partial charge in [-0.2, -0.15) is 0 Å². The van der Waals surface area contributed by atoms with E-state index in [0.717, 1.165) is 17.7 Å². The van der Waals surface area contributed by atoms with Gasteiger partial charge in [-0.3, -0.25) is 9.59 Å². The van der Waals surface area contributed by atoms with Crippen molar-refractivity contribution in [2.24, 2.45) is 0 Å². The average molecular weight is 431 g/mol. The number of ether oxygens (including phenoxy) is 2. The first-order valence-electron chi connectivity index (χ1n) is 9.70. The van der Waals surface area contributed by atoms with E-state index in [1.54, 1.807) is 25.3 Å². The van der Waals surface area contributed by atoms with E-state index in [4.69, 9.17) is 21.1 Å². The Labute approximate surface area is 182 Å². The van der Waals surface area contributed by atoms with E-state index in [1.807, 2.05) is 38.1 Å². The molecule has 0 aliphatic carbocycles. The van der Waals surface area contributed by atoms with Crippen LogP contribution in [0, 0.1) is 0 Å². The maximum atomic E-state index is 12.4. The molecule has 2 aromatic rings. The van der Waals surface area contributed by atoms with Crippen LogP contribution in [-0.2, 0) is 16.0 Å². The molecule has 30 heavy (non-hydrogen) atoms. The Morgan fingerprint density at radius 2 is 1.93 bits per heavy atom. The molecule has 0 aliphatic rings. The Hall–Kier alpha value is -2.99. The summed E-state index contributed by atoms with van der Waals surface area (Å²) in [7, 11) is 3.09. The number of carbonyl (C=O) groups is 2. The molecule has 6 nitrogen and oxygen atoms in total. The molecule has 0 unspecified atom stereocenters. The minimum atomic E-state index is -0.307. The number of halogens is 1. The molecule has 0 aliphatic heterocycles. The minimum absolute atomic E-state index is 0.0607. The van der Waals surface area contributed by atoms with E-state index in [1.165, 1.54) is 18.1 Å². The van der Waals surface area contributed by atoms with Crippen LogP contribution in [0.3, 0.4) is 0 Å². The minimum Gasteiger partial charge on any atom is -0.491 e. The number of nitrogens with zero attached hydrogens (tertiary/aromatic N) is 1. The van der Waals surface area contributed by atoms with Crippen LogP contribution in [-0.4, -0.2) is 44.0 Å². The van der Waals surface area contributed by atoms with Crippen LogP contribution in [0.25, 0.3) is 6.08 Å². The van der Waals surface area contributed by atoms with Crippen molar-refractivity contribution in [1.82, 2.24) is 4.90 Å². The Morgan fingerprint density at radius 3 is 2.60 bits per heavy atom. The quantitative estimate of drug-likeness (QED) is 0.598. The van der Waals surface area contributed by atoms with Crippen molar-refractivity contribution in [1.29, 1.82) is 0 Å². The zero-order valence-corrected chi connectivity index (χ0v) is 18.5. The van der Waals surface area contributed by atoms with Gasteiger partial charge >= 0.3 is 0 Å². The van der Waals surface area contributed by atoms with Crippen molar-refractivity contribution in [3.05, 3.63) is 58.6 Å². The first-order valence-corrected chi connectivity index (χ1v) is 10.1. The second-order valence-electron chi connectivity index (χ2n) is 6.55. The first kappa shape index (κ1) is 23.3. The van der Waals surface area contributed by atoms with Crippen molar-refractivity contribution in [2.45, 2.75) is 20.3 Å². The number of anilines is 1. The predicted octanol–water partition coefficient (Wildman–Crippen LogP) is 4.42. The molecule has 2 aromatic carbocycles. The van der Waals surface area contributed by atoms with Crippen molar-refractivity contribution >= 4 is 35.2 Å². The van der Waals surface area contributed by atoms with Crippen LogP contribution in [0.2, 0.25) is 5.02 Å². The van der Waals surface area contributed by atoms with Gasteiger partial charge in [0.2, 0.25) is 11.8 Å².